The molecule has 0 atom stereocenters. The third kappa shape index (κ3) is 5.25. The average molecular weight is 422 g/mol. The number of carbonyl (C=O) groups excluding carboxylic acids is 1. The van der Waals surface area contributed by atoms with Crippen molar-refractivity contribution in [1.82, 2.24) is 19.9 Å². The average Bonchev–Trinajstić information content (AvgIpc) is 2.79. The monoisotopic (exact) mass is 422 g/mol. The van der Waals surface area contributed by atoms with Gasteiger partial charge in [0.15, 0.2) is 18.2 Å². The van der Waals surface area contributed by atoms with Gasteiger partial charge in [-0.15, -0.1) is 0 Å². The summed E-state index contributed by atoms with van der Waals surface area (Å²) in [6, 6.07) is 11.8. The molecule has 31 heavy (non-hydrogen) atoms. The largest absolute Gasteiger partial charge is 0.481 e. The van der Waals surface area contributed by atoms with Crippen molar-refractivity contribution in [2.24, 2.45) is 0 Å². The van der Waals surface area contributed by atoms with Crippen LogP contribution in [-0.2, 0) is 4.79 Å². The van der Waals surface area contributed by atoms with Crippen LogP contribution in [-0.4, -0.2) is 58.5 Å². The van der Waals surface area contributed by atoms with Crippen molar-refractivity contribution < 1.29 is 13.9 Å². The number of piperazine rings is 1. The molecule has 2 aromatic heterocycles. The summed E-state index contributed by atoms with van der Waals surface area (Å²) in [6.07, 6.45) is 3.25. The van der Waals surface area contributed by atoms with Crippen LogP contribution in [0.3, 0.4) is 0 Å². The minimum Gasteiger partial charge on any atom is -0.481 e. The SMILES string of the molecule is Cc1ccnc(Nc2cc(N3CCN(C(=O)COc4ccccc4F)CC3)ncn2)c1. The number of nitrogens with one attached hydrogen (secondary N) is 1. The number of hydrogen-bond donors (Lipinski definition) is 1. The second-order valence-corrected chi connectivity index (χ2v) is 7.19. The van der Waals surface area contributed by atoms with Gasteiger partial charge >= 0.3 is 0 Å². The maximum absolute atomic E-state index is 13.6. The van der Waals surface area contributed by atoms with E-state index in [9.17, 15) is 9.18 Å². The molecule has 0 aliphatic carbocycles. The fraction of sp³-hybridized carbons (Fsp3) is 0.273. The normalized spacial score (nSPS) is 13.7. The van der Waals surface area contributed by atoms with Crippen molar-refractivity contribution in [3.05, 3.63) is 66.4 Å². The molecule has 1 aliphatic heterocycles. The highest BCUT2D eigenvalue weighted by atomic mass is 19.1. The summed E-state index contributed by atoms with van der Waals surface area (Å²) in [5.41, 5.74) is 1.10. The van der Waals surface area contributed by atoms with Crippen LogP contribution in [0.2, 0.25) is 0 Å². The summed E-state index contributed by atoms with van der Waals surface area (Å²) in [6.45, 7) is 4.14. The Hall–Kier alpha value is -3.75. The number of carbonyl (C=O) groups is 1. The lowest BCUT2D eigenvalue weighted by molar-refractivity contribution is -0.133. The summed E-state index contributed by atoms with van der Waals surface area (Å²) < 4.78 is 19.0. The number of halogens is 1. The standard InChI is InChI=1S/C22H23FN6O2/c1-16-6-7-24-19(12-16)27-20-13-21(26-15-25-20)28-8-10-29(11-9-28)22(30)14-31-18-5-3-2-4-17(18)23/h2-7,12-13,15H,8-11,14H2,1H3,(H,24,25,26,27). The summed E-state index contributed by atoms with van der Waals surface area (Å²) in [4.78, 5) is 29.2. The zero-order valence-electron chi connectivity index (χ0n) is 17.2. The van der Waals surface area contributed by atoms with Crippen LogP contribution in [0.5, 0.6) is 5.75 Å². The van der Waals surface area contributed by atoms with E-state index in [0.29, 0.717) is 32.0 Å². The van der Waals surface area contributed by atoms with E-state index in [1.165, 1.54) is 18.5 Å². The van der Waals surface area contributed by atoms with Crippen molar-refractivity contribution in [1.29, 1.82) is 0 Å². The second kappa shape index (κ2) is 9.38. The molecule has 0 radical (unpaired) electrons. The Labute approximate surface area is 179 Å². The summed E-state index contributed by atoms with van der Waals surface area (Å²) in [5.74, 6) is 1.58. The van der Waals surface area contributed by atoms with Gasteiger partial charge in [0.1, 0.15) is 23.8 Å². The lowest BCUT2D eigenvalue weighted by Gasteiger charge is -2.35. The molecule has 1 fully saturated rings. The van der Waals surface area contributed by atoms with Crippen LogP contribution in [0, 0.1) is 12.7 Å². The van der Waals surface area contributed by atoms with Crippen LogP contribution < -0.4 is 15.0 Å². The molecular weight excluding hydrogens is 399 g/mol. The second-order valence-electron chi connectivity index (χ2n) is 7.19. The number of para-hydroxylation sites is 1. The first-order valence-electron chi connectivity index (χ1n) is 10.0. The smallest absolute Gasteiger partial charge is 0.260 e. The Morgan fingerprint density at radius 2 is 1.84 bits per heavy atom. The highest BCUT2D eigenvalue weighted by molar-refractivity contribution is 5.78. The number of amides is 1. The first kappa shape index (κ1) is 20.5. The number of aryl methyl sites for hydroxylation is 1. The zero-order chi connectivity index (χ0) is 21.6. The van der Waals surface area contributed by atoms with Crippen molar-refractivity contribution in [3.63, 3.8) is 0 Å². The van der Waals surface area contributed by atoms with E-state index in [-0.39, 0.29) is 18.3 Å². The Morgan fingerprint density at radius 1 is 1.06 bits per heavy atom. The minimum atomic E-state index is -0.478. The molecule has 0 saturated carbocycles. The quantitative estimate of drug-likeness (QED) is 0.654. The Kier molecular flexibility index (Phi) is 6.21. The molecule has 4 rings (SSSR count). The van der Waals surface area contributed by atoms with Crippen LogP contribution in [0.25, 0.3) is 0 Å². The van der Waals surface area contributed by atoms with Crippen molar-refractivity contribution in [3.8, 4) is 5.75 Å². The van der Waals surface area contributed by atoms with E-state index in [1.54, 1.807) is 23.2 Å². The van der Waals surface area contributed by atoms with Gasteiger partial charge in [0, 0.05) is 38.4 Å². The van der Waals surface area contributed by atoms with Gasteiger partial charge in [-0.25, -0.2) is 19.3 Å². The van der Waals surface area contributed by atoms with Gasteiger partial charge in [-0.05, 0) is 36.8 Å². The Bertz CT molecular complexity index is 1060. The highest BCUT2D eigenvalue weighted by Gasteiger charge is 2.22. The predicted octanol–water partition coefficient (Wildman–Crippen LogP) is 2.79. The van der Waals surface area contributed by atoms with Crippen molar-refractivity contribution in [2.45, 2.75) is 6.92 Å². The number of hydrogen-bond acceptors (Lipinski definition) is 7. The highest BCUT2D eigenvalue weighted by Crippen LogP contribution is 2.20. The molecule has 160 valence electrons. The molecule has 3 aromatic rings. The van der Waals surface area contributed by atoms with Gasteiger partial charge < -0.3 is 19.9 Å². The maximum atomic E-state index is 13.6. The molecule has 8 nitrogen and oxygen atoms in total. The molecule has 3 heterocycles. The summed E-state index contributed by atoms with van der Waals surface area (Å²) >= 11 is 0. The number of rotatable bonds is 6. The van der Waals surface area contributed by atoms with Gasteiger partial charge in [0.05, 0.1) is 0 Å². The van der Waals surface area contributed by atoms with Gasteiger partial charge in [-0.3, -0.25) is 4.79 Å². The van der Waals surface area contributed by atoms with Crippen LogP contribution in [0.15, 0.2) is 55.0 Å². The number of benzene rings is 1. The number of aromatic nitrogens is 3. The zero-order valence-corrected chi connectivity index (χ0v) is 17.2. The third-order valence-electron chi connectivity index (χ3n) is 4.97. The predicted molar refractivity (Wildman–Crippen MR) is 115 cm³/mol. The van der Waals surface area contributed by atoms with Crippen LogP contribution >= 0.6 is 0 Å². The molecule has 1 N–H and O–H groups in total. The lowest BCUT2D eigenvalue weighted by atomic mass is 10.3. The third-order valence-corrected chi connectivity index (χ3v) is 4.97. The Morgan fingerprint density at radius 3 is 2.61 bits per heavy atom. The molecule has 1 amide bonds. The number of anilines is 3. The molecule has 0 spiro atoms. The molecular formula is C22H23FN6O2. The van der Waals surface area contributed by atoms with Gasteiger partial charge in [-0.2, -0.15) is 0 Å². The molecule has 9 heteroatoms. The number of ether oxygens (including phenoxy) is 1. The van der Waals surface area contributed by atoms with Gasteiger partial charge in [-0.1, -0.05) is 12.1 Å². The van der Waals surface area contributed by atoms with E-state index >= 15 is 0 Å². The van der Waals surface area contributed by atoms with E-state index < -0.39 is 5.82 Å². The van der Waals surface area contributed by atoms with Crippen molar-refractivity contribution >= 4 is 23.4 Å². The summed E-state index contributed by atoms with van der Waals surface area (Å²) in [7, 11) is 0. The molecule has 1 aromatic carbocycles. The van der Waals surface area contributed by atoms with E-state index in [4.69, 9.17) is 4.74 Å². The van der Waals surface area contributed by atoms with Crippen molar-refractivity contribution in [2.75, 3.05) is 43.0 Å². The summed E-state index contributed by atoms with van der Waals surface area (Å²) in [5, 5.41) is 3.19. The number of nitrogens with zero attached hydrogens (tertiary/aromatic N) is 5. The fourth-order valence-electron chi connectivity index (χ4n) is 3.30. The van der Waals surface area contributed by atoms with E-state index in [2.05, 4.69) is 25.2 Å². The molecule has 1 saturated heterocycles. The van der Waals surface area contributed by atoms with Gasteiger partial charge in [0.25, 0.3) is 5.91 Å². The number of pyridine rings is 1. The van der Waals surface area contributed by atoms with E-state index in [1.807, 2.05) is 25.1 Å². The Balaban J connectivity index is 1.31. The van der Waals surface area contributed by atoms with Crippen LogP contribution in [0.1, 0.15) is 5.56 Å². The van der Waals surface area contributed by atoms with E-state index in [0.717, 1.165) is 17.2 Å². The topological polar surface area (TPSA) is 83.5 Å². The lowest BCUT2D eigenvalue weighted by Crippen LogP contribution is -2.50. The first-order valence-corrected chi connectivity index (χ1v) is 10.0. The maximum Gasteiger partial charge on any atom is 0.260 e. The molecule has 0 unspecified atom stereocenters. The first-order chi connectivity index (χ1) is 15.1. The fourth-order valence-corrected chi connectivity index (χ4v) is 3.30. The molecule has 0 bridgehead atoms. The van der Waals surface area contributed by atoms with Crippen LogP contribution in [0.4, 0.5) is 21.8 Å². The van der Waals surface area contributed by atoms with Gasteiger partial charge in [0.2, 0.25) is 0 Å². The molecule has 1 aliphatic rings. The minimum absolute atomic E-state index is 0.0820.